The van der Waals surface area contributed by atoms with Gasteiger partial charge in [-0.05, 0) is 48.6 Å². The first-order valence-corrected chi connectivity index (χ1v) is 9.51. The van der Waals surface area contributed by atoms with Crippen molar-refractivity contribution < 1.29 is 27.4 Å². The number of alkyl halides is 3. The molecule has 0 saturated carbocycles. The summed E-state index contributed by atoms with van der Waals surface area (Å²) in [6, 6.07) is 7.43. The SMILES string of the molecule is COc1cc(OC(F)(F)F)ccc1C(=O)N1CCC(c2c[nH]c3ncccc23)CC1. The second-order valence-corrected chi connectivity index (χ2v) is 7.12. The van der Waals surface area contributed by atoms with E-state index in [0.29, 0.717) is 19.0 Å². The van der Waals surface area contributed by atoms with Crippen LogP contribution in [0, 0.1) is 0 Å². The number of hydrogen-bond acceptors (Lipinski definition) is 4. The molecule has 1 aliphatic heterocycles. The Bertz CT molecular complexity index is 1060. The number of rotatable bonds is 4. The van der Waals surface area contributed by atoms with E-state index in [9.17, 15) is 18.0 Å². The van der Waals surface area contributed by atoms with E-state index in [-0.39, 0.29) is 17.2 Å². The van der Waals surface area contributed by atoms with E-state index in [4.69, 9.17) is 4.74 Å². The van der Waals surface area contributed by atoms with Crippen molar-refractivity contribution in [2.45, 2.75) is 25.1 Å². The number of aromatic nitrogens is 2. The molecule has 2 aromatic heterocycles. The van der Waals surface area contributed by atoms with Crippen molar-refractivity contribution in [2.75, 3.05) is 20.2 Å². The molecule has 0 aliphatic carbocycles. The van der Waals surface area contributed by atoms with Crippen molar-refractivity contribution in [3.05, 3.63) is 53.9 Å². The number of amides is 1. The van der Waals surface area contributed by atoms with Crippen molar-refractivity contribution in [3.8, 4) is 11.5 Å². The average Bonchev–Trinajstić information content (AvgIpc) is 3.16. The first-order valence-electron chi connectivity index (χ1n) is 9.51. The number of fused-ring (bicyclic) bond motifs is 1. The van der Waals surface area contributed by atoms with E-state index in [0.717, 1.165) is 36.0 Å². The fraction of sp³-hybridized carbons (Fsp3) is 0.333. The highest BCUT2D eigenvalue weighted by Gasteiger charge is 2.32. The minimum atomic E-state index is -4.81. The Kier molecular flexibility index (Phi) is 5.27. The molecule has 3 aromatic rings. The lowest BCUT2D eigenvalue weighted by atomic mass is 9.89. The lowest BCUT2D eigenvalue weighted by Gasteiger charge is -2.32. The smallest absolute Gasteiger partial charge is 0.496 e. The van der Waals surface area contributed by atoms with Crippen LogP contribution in [0.4, 0.5) is 13.2 Å². The quantitative estimate of drug-likeness (QED) is 0.677. The summed E-state index contributed by atoms with van der Waals surface area (Å²) in [5.41, 5.74) is 2.25. The zero-order valence-corrected chi connectivity index (χ0v) is 16.2. The molecule has 0 unspecified atom stereocenters. The van der Waals surface area contributed by atoms with Gasteiger partial charge in [0.25, 0.3) is 5.91 Å². The molecule has 1 saturated heterocycles. The topological polar surface area (TPSA) is 67.5 Å². The van der Waals surface area contributed by atoms with Gasteiger partial charge in [-0.1, -0.05) is 0 Å². The number of nitrogens with one attached hydrogen (secondary N) is 1. The predicted octanol–water partition coefficient (Wildman–Crippen LogP) is 4.49. The standard InChI is InChI=1S/C21H20F3N3O3/c1-29-18-11-14(30-21(22,23)24)4-5-16(18)20(28)27-9-6-13(7-10-27)17-12-26-19-15(17)3-2-8-25-19/h2-5,8,11-13H,6-7,9-10H2,1H3,(H,25,26). The largest absolute Gasteiger partial charge is 0.573 e. The number of halogens is 3. The Morgan fingerprint density at radius 1 is 1.23 bits per heavy atom. The third-order valence-electron chi connectivity index (χ3n) is 5.34. The van der Waals surface area contributed by atoms with Gasteiger partial charge in [0, 0.05) is 36.9 Å². The highest BCUT2D eigenvalue weighted by atomic mass is 19.4. The maximum absolute atomic E-state index is 12.9. The summed E-state index contributed by atoms with van der Waals surface area (Å²) in [6.07, 6.45) is 0.469. The van der Waals surface area contributed by atoms with Gasteiger partial charge >= 0.3 is 6.36 Å². The van der Waals surface area contributed by atoms with E-state index in [1.165, 1.54) is 18.7 Å². The fourth-order valence-corrected chi connectivity index (χ4v) is 3.92. The lowest BCUT2D eigenvalue weighted by molar-refractivity contribution is -0.274. The van der Waals surface area contributed by atoms with Crippen molar-refractivity contribution in [2.24, 2.45) is 0 Å². The number of methoxy groups -OCH3 is 1. The second kappa shape index (κ2) is 7.89. The number of likely N-dealkylation sites (tertiary alicyclic amines) is 1. The minimum Gasteiger partial charge on any atom is -0.496 e. The number of hydrogen-bond donors (Lipinski definition) is 1. The van der Waals surface area contributed by atoms with Gasteiger partial charge in [0.2, 0.25) is 0 Å². The Morgan fingerprint density at radius 2 is 2.00 bits per heavy atom. The van der Waals surface area contributed by atoms with Crippen LogP contribution in [0.2, 0.25) is 0 Å². The molecule has 0 radical (unpaired) electrons. The molecule has 3 heterocycles. The zero-order valence-electron chi connectivity index (χ0n) is 16.2. The number of pyridine rings is 1. The van der Waals surface area contributed by atoms with Crippen LogP contribution >= 0.6 is 0 Å². The van der Waals surface area contributed by atoms with Crippen LogP contribution in [0.15, 0.2) is 42.7 Å². The molecule has 0 bridgehead atoms. The van der Waals surface area contributed by atoms with Crippen LogP contribution in [0.3, 0.4) is 0 Å². The number of carbonyl (C=O) groups excluding carboxylic acids is 1. The molecular formula is C21H20F3N3O3. The van der Waals surface area contributed by atoms with E-state index in [1.807, 2.05) is 18.3 Å². The van der Waals surface area contributed by atoms with Crippen LogP contribution in [-0.2, 0) is 0 Å². The number of ether oxygens (including phenoxy) is 2. The molecule has 0 atom stereocenters. The van der Waals surface area contributed by atoms with Crippen LogP contribution in [0.25, 0.3) is 11.0 Å². The third kappa shape index (κ3) is 4.05. The summed E-state index contributed by atoms with van der Waals surface area (Å²) >= 11 is 0. The number of H-pyrrole nitrogens is 1. The summed E-state index contributed by atoms with van der Waals surface area (Å²) in [6.45, 7) is 1.08. The van der Waals surface area contributed by atoms with E-state index in [2.05, 4.69) is 14.7 Å². The number of carbonyl (C=O) groups is 1. The summed E-state index contributed by atoms with van der Waals surface area (Å²) in [7, 11) is 1.31. The molecule has 1 fully saturated rings. The van der Waals surface area contributed by atoms with Gasteiger partial charge in [0.1, 0.15) is 17.1 Å². The van der Waals surface area contributed by atoms with Crippen LogP contribution in [0.1, 0.15) is 34.7 Å². The summed E-state index contributed by atoms with van der Waals surface area (Å²) < 4.78 is 46.3. The van der Waals surface area contributed by atoms with Gasteiger partial charge in [-0.2, -0.15) is 0 Å². The van der Waals surface area contributed by atoms with Crippen molar-refractivity contribution in [1.82, 2.24) is 14.9 Å². The number of benzene rings is 1. The Balaban J connectivity index is 1.46. The molecule has 1 aromatic carbocycles. The van der Waals surface area contributed by atoms with Gasteiger partial charge in [0.05, 0.1) is 12.7 Å². The minimum absolute atomic E-state index is 0.0478. The molecule has 0 spiro atoms. The molecule has 1 N–H and O–H groups in total. The van der Waals surface area contributed by atoms with Gasteiger partial charge in [-0.15, -0.1) is 13.2 Å². The summed E-state index contributed by atoms with van der Waals surface area (Å²) in [5.74, 6) is -0.352. The molecule has 9 heteroatoms. The predicted molar refractivity (Wildman–Crippen MR) is 104 cm³/mol. The molecular weight excluding hydrogens is 399 g/mol. The molecule has 30 heavy (non-hydrogen) atoms. The second-order valence-electron chi connectivity index (χ2n) is 7.12. The number of aromatic amines is 1. The van der Waals surface area contributed by atoms with Gasteiger partial charge in [0.15, 0.2) is 0 Å². The van der Waals surface area contributed by atoms with Gasteiger partial charge < -0.3 is 19.4 Å². The van der Waals surface area contributed by atoms with Crippen LogP contribution in [0.5, 0.6) is 11.5 Å². The van der Waals surface area contributed by atoms with Crippen molar-refractivity contribution in [3.63, 3.8) is 0 Å². The Labute approximate surface area is 170 Å². The normalized spacial score (nSPS) is 15.4. The van der Waals surface area contributed by atoms with Crippen LogP contribution < -0.4 is 9.47 Å². The highest BCUT2D eigenvalue weighted by molar-refractivity contribution is 5.97. The molecule has 4 rings (SSSR count). The number of piperidine rings is 1. The molecule has 1 aliphatic rings. The average molecular weight is 419 g/mol. The summed E-state index contributed by atoms with van der Waals surface area (Å²) in [5, 5.41) is 1.09. The van der Waals surface area contributed by atoms with Gasteiger partial charge in [-0.3, -0.25) is 4.79 Å². The summed E-state index contributed by atoms with van der Waals surface area (Å²) in [4.78, 5) is 22.1. The number of nitrogens with zero attached hydrogens (tertiary/aromatic N) is 2. The fourth-order valence-electron chi connectivity index (χ4n) is 3.92. The van der Waals surface area contributed by atoms with E-state index < -0.39 is 12.1 Å². The zero-order chi connectivity index (χ0) is 21.3. The first-order chi connectivity index (χ1) is 14.4. The monoisotopic (exact) mass is 419 g/mol. The first kappa shape index (κ1) is 20.1. The maximum Gasteiger partial charge on any atom is 0.573 e. The Hall–Kier alpha value is -3.23. The van der Waals surface area contributed by atoms with Crippen LogP contribution in [-0.4, -0.2) is 47.3 Å². The van der Waals surface area contributed by atoms with E-state index >= 15 is 0 Å². The maximum atomic E-state index is 12.9. The highest BCUT2D eigenvalue weighted by Crippen LogP contribution is 2.34. The van der Waals surface area contributed by atoms with Crippen molar-refractivity contribution in [1.29, 1.82) is 0 Å². The molecule has 1 amide bonds. The van der Waals surface area contributed by atoms with Crippen molar-refractivity contribution >= 4 is 16.9 Å². The van der Waals surface area contributed by atoms with E-state index in [1.54, 1.807) is 11.1 Å². The molecule has 6 nitrogen and oxygen atoms in total. The molecule has 158 valence electrons. The Morgan fingerprint density at radius 3 is 2.70 bits per heavy atom. The van der Waals surface area contributed by atoms with Gasteiger partial charge in [-0.25, -0.2) is 4.98 Å². The third-order valence-corrected chi connectivity index (χ3v) is 5.34. The lowest BCUT2D eigenvalue weighted by Crippen LogP contribution is -2.38.